The van der Waals surface area contributed by atoms with Crippen molar-refractivity contribution in [2.24, 2.45) is 0 Å². The van der Waals surface area contributed by atoms with Crippen molar-refractivity contribution < 1.29 is 4.74 Å². The monoisotopic (exact) mass is 282 g/mol. The van der Waals surface area contributed by atoms with Crippen molar-refractivity contribution in [1.29, 1.82) is 0 Å². The lowest BCUT2D eigenvalue weighted by Gasteiger charge is -2.09. The molecule has 0 aliphatic carbocycles. The van der Waals surface area contributed by atoms with Gasteiger partial charge in [-0.1, -0.05) is 50.3 Å². The summed E-state index contributed by atoms with van der Waals surface area (Å²) in [4.78, 5) is 4.33. The Bertz CT molecular complexity index is 564. The first-order chi connectivity index (χ1) is 10.2. The molecule has 1 heterocycles. The molecule has 0 fully saturated rings. The third-order valence-corrected chi connectivity index (χ3v) is 2.94. The highest BCUT2D eigenvalue weighted by Gasteiger charge is 1.99. The summed E-state index contributed by atoms with van der Waals surface area (Å²) >= 11 is 0. The molecule has 0 aliphatic heterocycles. The molecule has 0 radical (unpaired) electrons. The zero-order chi connectivity index (χ0) is 14.9. The number of ether oxygens (including phenoxy) is 1. The molecule has 0 aliphatic rings. The lowest BCUT2D eigenvalue weighted by molar-refractivity contribution is 0.362. The molecule has 0 saturated carbocycles. The second-order valence-electron chi connectivity index (χ2n) is 5.14. The van der Waals surface area contributed by atoms with Crippen LogP contribution in [0.4, 0.5) is 0 Å². The second kappa shape index (κ2) is 8.22. The molecule has 1 aromatic heterocycles. The molecular weight excluding hydrogens is 260 g/mol. The van der Waals surface area contributed by atoms with Crippen LogP contribution in [0.3, 0.4) is 0 Å². The van der Waals surface area contributed by atoms with Crippen molar-refractivity contribution in [3.63, 3.8) is 0 Å². The van der Waals surface area contributed by atoms with Crippen LogP contribution in [0.1, 0.15) is 25.1 Å². The minimum atomic E-state index is 0.449. The van der Waals surface area contributed by atoms with E-state index in [0.717, 1.165) is 18.0 Å². The molecule has 2 rings (SSSR count). The van der Waals surface area contributed by atoms with Gasteiger partial charge >= 0.3 is 0 Å². The maximum Gasteiger partial charge on any atom is 0.123 e. The normalized spacial score (nSPS) is 11.2. The number of nitrogens with one attached hydrogen (secondary N) is 1. The van der Waals surface area contributed by atoms with Crippen LogP contribution in [0.15, 0.2) is 54.7 Å². The van der Waals surface area contributed by atoms with Crippen molar-refractivity contribution in [1.82, 2.24) is 10.3 Å². The number of aromatic nitrogens is 1. The Balaban J connectivity index is 1.83. The average molecular weight is 282 g/mol. The predicted molar refractivity (Wildman–Crippen MR) is 87.2 cm³/mol. The Morgan fingerprint density at radius 1 is 1.19 bits per heavy atom. The lowest BCUT2D eigenvalue weighted by Crippen LogP contribution is -2.22. The molecule has 0 amide bonds. The Morgan fingerprint density at radius 3 is 2.76 bits per heavy atom. The first-order valence-electron chi connectivity index (χ1n) is 7.27. The summed E-state index contributed by atoms with van der Waals surface area (Å²) in [6, 6.07) is 14.5. The van der Waals surface area contributed by atoms with Gasteiger partial charge in [-0.3, -0.25) is 4.98 Å². The van der Waals surface area contributed by atoms with Crippen molar-refractivity contribution >= 4 is 6.08 Å². The Kier molecular flexibility index (Phi) is 5.98. The zero-order valence-electron chi connectivity index (χ0n) is 12.6. The minimum absolute atomic E-state index is 0.449. The fraction of sp³-hybridized carbons (Fsp3) is 0.278. The number of hydrogen-bond acceptors (Lipinski definition) is 3. The van der Waals surface area contributed by atoms with E-state index in [2.05, 4.69) is 42.4 Å². The van der Waals surface area contributed by atoms with Gasteiger partial charge in [0.25, 0.3) is 0 Å². The van der Waals surface area contributed by atoms with Crippen LogP contribution < -0.4 is 10.1 Å². The van der Waals surface area contributed by atoms with Gasteiger partial charge in [-0.05, 0) is 17.7 Å². The quantitative estimate of drug-likeness (QED) is 0.841. The van der Waals surface area contributed by atoms with Gasteiger partial charge in [0.1, 0.15) is 12.4 Å². The largest absolute Gasteiger partial charge is 0.489 e. The van der Waals surface area contributed by atoms with Gasteiger partial charge in [0.15, 0.2) is 0 Å². The van der Waals surface area contributed by atoms with Crippen LogP contribution in [0.25, 0.3) is 6.08 Å². The fourth-order valence-electron chi connectivity index (χ4n) is 1.84. The van der Waals surface area contributed by atoms with E-state index in [1.807, 2.05) is 36.4 Å². The number of benzene rings is 1. The molecular formula is C18H22N2O. The highest BCUT2D eigenvalue weighted by Crippen LogP contribution is 2.11. The van der Waals surface area contributed by atoms with Gasteiger partial charge in [-0.15, -0.1) is 0 Å². The summed E-state index contributed by atoms with van der Waals surface area (Å²) in [5, 5.41) is 3.35. The van der Waals surface area contributed by atoms with Gasteiger partial charge in [0.2, 0.25) is 0 Å². The third kappa shape index (κ3) is 5.79. The van der Waals surface area contributed by atoms with Crippen LogP contribution in [-0.2, 0) is 6.54 Å². The van der Waals surface area contributed by atoms with Crippen LogP contribution in [-0.4, -0.2) is 17.6 Å². The molecule has 2 aromatic rings. The molecule has 0 saturated heterocycles. The van der Waals surface area contributed by atoms with E-state index in [-0.39, 0.29) is 0 Å². The van der Waals surface area contributed by atoms with Gasteiger partial charge in [-0.25, -0.2) is 0 Å². The van der Waals surface area contributed by atoms with E-state index in [1.165, 1.54) is 5.56 Å². The molecule has 0 unspecified atom stereocenters. The first-order valence-corrected chi connectivity index (χ1v) is 7.27. The van der Waals surface area contributed by atoms with E-state index in [4.69, 9.17) is 4.74 Å². The van der Waals surface area contributed by atoms with Crippen LogP contribution in [0, 0.1) is 0 Å². The summed E-state index contributed by atoms with van der Waals surface area (Å²) in [6.45, 7) is 5.55. The summed E-state index contributed by atoms with van der Waals surface area (Å²) < 4.78 is 5.72. The molecule has 1 aromatic carbocycles. The summed E-state index contributed by atoms with van der Waals surface area (Å²) in [6.07, 6.45) is 5.86. The smallest absolute Gasteiger partial charge is 0.123 e. The molecule has 0 atom stereocenters. The number of nitrogens with zero attached hydrogens (tertiary/aromatic N) is 1. The van der Waals surface area contributed by atoms with Gasteiger partial charge < -0.3 is 10.1 Å². The molecule has 110 valence electrons. The van der Waals surface area contributed by atoms with E-state index >= 15 is 0 Å². The zero-order valence-corrected chi connectivity index (χ0v) is 12.6. The van der Waals surface area contributed by atoms with Crippen molar-refractivity contribution in [3.05, 3.63) is 66.0 Å². The number of pyridine rings is 1. The Hall–Kier alpha value is -2.13. The van der Waals surface area contributed by atoms with Crippen LogP contribution in [0.2, 0.25) is 0 Å². The van der Waals surface area contributed by atoms with E-state index in [0.29, 0.717) is 12.6 Å². The molecule has 0 bridgehead atoms. The standard InChI is InChI=1S/C18H22N2O/c1-15(2)20-14-17-13-18(10-11-19-17)21-12-6-9-16-7-4-3-5-8-16/h3-11,13,15,20H,12,14H2,1-2H3. The third-order valence-electron chi connectivity index (χ3n) is 2.94. The van der Waals surface area contributed by atoms with Crippen LogP contribution in [0.5, 0.6) is 5.75 Å². The lowest BCUT2D eigenvalue weighted by atomic mass is 10.2. The summed E-state index contributed by atoms with van der Waals surface area (Å²) in [5.74, 6) is 0.850. The highest BCUT2D eigenvalue weighted by atomic mass is 16.5. The SMILES string of the molecule is CC(C)NCc1cc(OCC=Cc2ccccc2)ccn1. The molecule has 1 N–H and O–H groups in total. The van der Waals surface area contributed by atoms with Gasteiger partial charge in [-0.2, -0.15) is 0 Å². The van der Waals surface area contributed by atoms with Gasteiger partial charge in [0, 0.05) is 24.8 Å². The van der Waals surface area contributed by atoms with Crippen LogP contribution >= 0.6 is 0 Å². The van der Waals surface area contributed by atoms with Crippen molar-refractivity contribution in [2.75, 3.05) is 6.61 Å². The molecule has 3 nitrogen and oxygen atoms in total. The molecule has 3 heteroatoms. The molecule has 21 heavy (non-hydrogen) atoms. The topological polar surface area (TPSA) is 34.1 Å². The van der Waals surface area contributed by atoms with E-state index in [9.17, 15) is 0 Å². The first kappa shape index (κ1) is 15.3. The van der Waals surface area contributed by atoms with E-state index < -0.39 is 0 Å². The number of rotatable bonds is 7. The maximum atomic E-state index is 5.72. The van der Waals surface area contributed by atoms with Gasteiger partial charge in [0.05, 0.1) is 5.69 Å². The van der Waals surface area contributed by atoms with Crippen molar-refractivity contribution in [2.45, 2.75) is 26.4 Å². The summed E-state index contributed by atoms with van der Waals surface area (Å²) in [5.41, 5.74) is 2.17. The average Bonchev–Trinajstić information content (AvgIpc) is 2.51. The Morgan fingerprint density at radius 2 is 2.00 bits per heavy atom. The van der Waals surface area contributed by atoms with E-state index in [1.54, 1.807) is 6.20 Å². The summed E-state index contributed by atoms with van der Waals surface area (Å²) in [7, 11) is 0. The minimum Gasteiger partial charge on any atom is -0.489 e. The second-order valence-corrected chi connectivity index (χ2v) is 5.14. The predicted octanol–water partition coefficient (Wildman–Crippen LogP) is 3.67. The fourth-order valence-corrected chi connectivity index (χ4v) is 1.84. The Labute approximate surface area is 126 Å². The maximum absolute atomic E-state index is 5.72. The molecule has 0 spiro atoms. The van der Waals surface area contributed by atoms with Crippen molar-refractivity contribution in [3.8, 4) is 5.75 Å². The highest BCUT2D eigenvalue weighted by molar-refractivity contribution is 5.48. The number of hydrogen-bond donors (Lipinski definition) is 1.